The quantitative estimate of drug-likeness (QED) is 0.712. The highest BCUT2D eigenvalue weighted by Crippen LogP contribution is 2.26. The van der Waals surface area contributed by atoms with E-state index in [0.29, 0.717) is 18.8 Å². The predicted molar refractivity (Wildman–Crippen MR) is 82.9 cm³/mol. The third kappa shape index (κ3) is 6.91. The lowest BCUT2D eigenvalue weighted by molar-refractivity contribution is 0.310. The molecule has 0 aliphatic rings. The van der Waals surface area contributed by atoms with Crippen LogP contribution in [0.5, 0.6) is 5.75 Å². The van der Waals surface area contributed by atoms with Crippen molar-refractivity contribution in [2.45, 2.75) is 32.7 Å². The van der Waals surface area contributed by atoms with Crippen molar-refractivity contribution in [3.8, 4) is 5.75 Å². The van der Waals surface area contributed by atoms with E-state index in [1.165, 1.54) is 18.4 Å². The normalized spacial score (nSPS) is 13.1. The zero-order valence-corrected chi connectivity index (χ0v) is 13.7. The molecule has 21 heavy (non-hydrogen) atoms. The van der Waals surface area contributed by atoms with Gasteiger partial charge < -0.3 is 10.1 Å². The second-order valence-electron chi connectivity index (χ2n) is 5.19. The molecule has 1 N–H and O–H groups in total. The molecular formula is C15H24FNO3S. The lowest BCUT2D eigenvalue weighted by Gasteiger charge is -2.18. The first-order valence-corrected chi connectivity index (χ1v) is 9.23. The number of nitrogens with one attached hydrogen (secondary N) is 1. The molecule has 0 aliphatic heterocycles. The Bertz CT molecular complexity index is 546. The Balaban J connectivity index is 2.68. The zero-order valence-electron chi connectivity index (χ0n) is 12.9. The number of hydrogen-bond donors (Lipinski definition) is 1. The topological polar surface area (TPSA) is 55.4 Å². The highest BCUT2D eigenvalue weighted by atomic mass is 32.2. The Labute approximate surface area is 126 Å². The minimum absolute atomic E-state index is 0.0226. The van der Waals surface area contributed by atoms with Crippen LogP contribution in [0, 0.1) is 5.82 Å². The number of ether oxygens (including phenoxy) is 1. The van der Waals surface area contributed by atoms with E-state index in [1.54, 1.807) is 6.07 Å². The predicted octanol–water partition coefficient (Wildman–Crippen LogP) is 2.70. The van der Waals surface area contributed by atoms with Crippen molar-refractivity contribution in [3.63, 3.8) is 0 Å². The molecule has 0 aliphatic carbocycles. The molecular weight excluding hydrogens is 293 g/mol. The minimum Gasteiger partial charge on any atom is -0.493 e. The van der Waals surface area contributed by atoms with Gasteiger partial charge in [0, 0.05) is 17.9 Å². The number of rotatable bonds is 9. The second kappa shape index (κ2) is 8.34. The van der Waals surface area contributed by atoms with Crippen LogP contribution in [0.3, 0.4) is 0 Å². The summed E-state index contributed by atoms with van der Waals surface area (Å²) in [5, 5.41) is 3.29. The van der Waals surface area contributed by atoms with Crippen LogP contribution in [0.2, 0.25) is 0 Å². The molecule has 0 bridgehead atoms. The first-order chi connectivity index (χ1) is 9.83. The molecule has 1 atom stereocenters. The molecule has 0 saturated heterocycles. The molecule has 0 heterocycles. The van der Waals surface area contributed by atoms with Crippen molar-refractivity contribution in [1.29, 1.82) is 0 Å². The van der Waals surface area contributed by atoms with E-state index < -0.39 is 9.84 Å². The van der Waals surface area contributed by atoms with Gasteiger partial charge in [0.1, 0.15) is 21.4 Å². The number of hydrogen-bond acceptors (Lipinski definition) is 4. The Hall–Kier alpha value is -1.14. The van der Waals surface area contributed by atoms with Gasteiger partial charge in [-0.2, -0.15) is 0 Å². The van der Waals surface area contributed by atoms with Crippen LogP contribution in [0.4, 0.5) is 4.39 Å². The maximum atomic E-state index is 13.4. The zero-order chi connectivity index (χ0) is 15.9. The molecule has 0 saturated carbocycles. The molecule has 0 fully saturated rings. The van der Waals surface area contributed by atoms with Crippen molar-refractivity contribution in [2.24, 2.45) is 0 Å². The maximum absolute atomic E-state index is 13.4. The smallest absolute Gasteiger partial charge is 0.147 e. The van der Waals surface area contributed by atoms with Crippen LogP contribution in [0.1, 0.15) is 38.3 Å². The van der Waals surface area contributed by atoms with Gasteiger partial charge in [0.25, 0.3) is 0 Å². The van der Waals surface area contributed by atoms with E-state index in [-0.39, 0.29) is 17.6 Å². The third-order valence-electron chi connectivity index (χ3n) is 3.06. The molecule has 1 rings (SSSR count). The molecule has 0 radical (unpaired) electrons. The fourth-order valence-electron chi connectivity index (χ4n) is 1.96. The van der Waals surface area contributed by atoms with Gasteiger partial charge in [0.05, 0.1) is 12.4 Å². The third-order valence-corrected chi connectivity index (χ3v) is 4.09. The van der Waals surface area contributed by atoms with Gasteiger partial charge in [0.15, 0.2) is 0 Å². The molecule has 1 aromatic carbocycles. The van der Waals surface area contributed by atoms with Crippen LogP contribution in [0.25, 0.3) is 0 Å². The number of benzene rings is 1. The Morgan fingerprint density at radius 2 is 2.10 bits per heavy atom. The summed E-state index contributed by atoms with van der Waals surface area (Å²) >= 11 is 0. The Morgan fingerprint density at radius 3 is 2.71 bits per heavy atom. The Morgan fingerprint density at radius 1 is 1.38 bits per heavy atom. The fraction of sp³-hybridized carbons (Fsp3) is 0.600. The lowest BCUT2D eigenvalue weighted by atomic mass is 10.1. The SMILES string of the molecule is CCCNC(C)c1cc(F)ccc1OCCCS(C)(=O)=O. The van der Waals surface area contributed by atoms with Gasteiger partial charge in [-0.05, 0) is 44.5 Å². The average molecular weight is 317 g/mol. The van der Waals surface area contributed by atoms with Gasteiger partial charge in [0.2, 0.25) is 0 Å². The molecule has 1 aromatic rings. The van der Waals surface area contributed by atoms with Gasteiger partial charge in [-0.15, -0.1) is 0 Å². The van der Waals surface area contributed by atoms with Crippen molar-refractivity contribution < 1.29 is 17.5 Å². The summed E-state index contributed by atoms with van der Waals surface area (Å²) < 4.78 is 41.2. The number of sulfone groups is 1. The van der Waals surface area contributed by atoms with Crippen molar-refractivity contribution in [1.82, 2.24) is 5.32 Å². The van der Waals surface area contributed by atoms with Gasteiger partial charge in [-0.25, -0.2) is 12.8 Å². The van der Waals surface area contributed by atoms with Crippen molar-refractivity contribution in [2.75, 3.05) is 25.2 Å². The fourth-order valence-corrected chi connectivity index (χ4v) is 2.61. The van der Waals surface area contributed by atoms with E-state index in [9.17, 15) is 12.8 Å². The van der Waals surface area contributed by atoms with E-state index in [4.69, 9.17) is 4.74 Å². The lowest BCUT2D eigenvalue weighted by Crippen LogP contribution is -2.20. The summed E-state index contributed by atoms with van der Waals surface area (Å²) in [6, 6.07) is 4.38. The van der Waals surface area contributed by atoms with Crippen LogP contribution < -0.4 is 10.1 Å². The van der Waals surface area contributed by atoms with Crippen molar-refractivity contribution in [3.05, 3.63) is 29.6 Å². The number of halogens is 1. The van der Waals surface area contributed by atoms with Gasteiger partial charge in [-0.1, -0.05) is 6.92 Å². The standard InChI is InChI=1S/C15H24FNO3S/c1-4-8-17-12(2)14-11-13(16)6-7-15(14)20-9-5-10-21(3,18)19/h6-7,11-12,17H,4-5,8-10H2,1-3H3. The van der Waals surface area contributed by atoms with E-state index in [2.05, 4.69) is 12.2 Å². The highest BCUT2D eigenvalue weighted by Gasteiger charge is 2.12. The van der Waals surface area contributed by atoms with Crippen LogP contribution >= 0.6 is 0 Å². The molecule has 0 aromatic heterocycles. The van der Waals surface area contributed by atoms with Gasteiger partial charge in [-0.3, -0.25) is 0 Å². The molecule has 6 heteroatoms. The van der Waals surface area contributed by atoms with E-state index in [0.717, 1.165) is 18.5 Å². The minimum atomic E-state index is -2.98. The summed E-state index contributed by atoms with van der Waals surface area (Å²) in [6.45, 7) is 5.15. The first kappa shape index (κ1) is 17.9. The molecule has 0 amide bonds. The van der Waals surface area contributed by atoms with Gasteiger partial charge >= 0.3 is 0 Å². The summed E-state index contributed by atoms with van der Waals surface area (Å²) in [5.41, 5.74) is 0.753. The monoisotopic (exact) mass is 317 g/mol. The molecule has 0 spiro atoms. The van der Waals surface area contributed by atoms with Crippen LogP contribution in [-0.2, 0) is 9.84 Å². The molecule has 4 nitrogen and oxygen atoms in total. The molecule has 1 unspecified atom stereocenters. The molecule has 120 valence electrons. The largest absolute Gasteiger partial charge is 0.493 e. The first-order valence-electron chi connectivity index (χ1n) is 7.17. The summed E-state index contributed by atoms with van der Waals surface area (Å²) in [6.07, 6.45) is 2.61. The highest BCUT2D eigenvalue weighted by molar-refractivity contribution is 7.90. The average Bonchev–Trinajstić information content (AvgIpc) is 2.41. The summed E-state index contributed by atoms with van der Waals surface area (Å²) in [5.74, 6) is 0.382. The summed E-state index contributed by atoms with van der Waals surface area (Å²) in [4.78, 5) is 0. The van der Waals surface area contributed by atoms with Crippen LogP contribution in [0.15, 0.2) is 18.2 Å². The van der Waals surface area contributed by atoms with Crippen LogP contribution in [-0.4, -0.2) is 33.6 Å². The Kier molecular flexibility index (Phi) is 7.11. The van der Waals surface area contributed by atoms with E-state index >= 15 is 0 Å². The van der Waals surface area contributed by atoms with Crippen molar-refractivity contribution >= 4 is 9.84 Å². The maximum Gasteiger partial charge on any atom is 0.147 e. The summed E-state index contributed by atoms with van der Waals surface area (Å²) in [7, 11) is -2.98. The second-order valence-corrected chi connectivity index (χ2v) is 7.45. The van der Waals surface area contributed by atoms with E-state index in [1.807, 2.05) is 6.92 Å².